The molecule has 0 bridgehead atoms. The molecular formula is C12H21N2O7P. The van der Waals surface area contributed by atoms with Crippen molar-refractivity contribution in [3.05, 3.63) is 32.6 Å². The van der Waals surface area contributed by atoms with E-state index in [4.69, 9.17) is 18.5 Å². The molecule has 0 aromatic carbocycles. The molecule has 0 aliphatic carbocycles. The lowest BCUT2D eigenvalue weighted by Gasteiger charge is -2.16. The summed E-state index contributed by atoms with van der Waals surface area (Å²) in [6.45, 7) is 5.16. The van der Waals surface area contributed by atoms with E-state index in [1.54, 1.807) is 20.8 Å². The van der Waals surface area contributed by atoms with E-state index in [0.29, 0.717) is 5.56 Å². The first kappa shape index (κ1) is 18.8. The van der Waals surface area contributed by atoms with Gasteiger partial charge in [0.25, 0.3) is 5.56 Å². The third-order valence-corrected chi connectivity index (χ3v) is 4.29. The Labute approximate surface area is 127 Å². The summed E-state index contributed by atoms with van der Waals surface area (Å²) in [5.41, 5.74) is -0.627. The van der Waals surface area contributed by atoms with Crippen molar-refractivity contribution < 1.29 is 23.1 Å². The fourth-order valence-corrected chi connectivity index (χ4v) is 2.87. The summed E-state index contributed by atoms with van der Waals surface area (Å²) in [4.78, 5) is 24.8. The van der Waals surface area contributed by atoms with Gasteiger partial charge in [-0.05, 0) is 20.8 Å². The van der Waals surface area contributed by atoms with Gasteiger partial charge in [-0.3, -0.25) is 18.9 Å². The number of aryl methyl sites for hydroxylation is 1. The summed E-state index contributed by atoms with van der Waals surface area (Å²) in [6.07, 6.45) is 1.14. The summed E-state index contributed by atoms with van der Waals surface area (Å²) >= 11 is 0. The number of rotatable bonds is 10. The summed E-state index contributed by atoms with van der Waals surface area (Å²) < 4.78 is 33.6. The molecule has 0 unspecified atom stereocenters. The smallest absolute Gasteiger partial charge is 0.343 e. The molecule has 22 heavy (non-hydrogen) atoms. The highest BCUT2D eigenvalue weighted by molar-refractivity contribution is 7.53. The Balaban J connectivity index is 2.42. The third-order valence-electron chi connectivity index (χ3n) is 2.49. The zero-order valence-electron chi connectivity index (χ0n) is 12.9. The first-order valence-electron chi connectivity index (χ1n) is 6.76. The van der Waals surface area contributed by atoms with E-state index < -0.39 is 18.8 Å². The minimum absolute atomic E-state index is 0.107. The second kappa shape index (κ2) is 9.02. The van der Waals surface area contributed by atoms with Gasteiger partial charge in [0.2, 0.25) is 0 Å². The number of H-pyrrole nitrogens is 1. The van der Waals surface area contributed by atoms with Gasteiger partial charge < -0.3 is 18.5 Å². The summed E-state index contributed by atoms with van der Waals surface area (Å²) in [7, 11) is -3.27. The van der Waals surface area contributed by atoms with E-state index in [2.05, 4.69) is 4.98 Å². The molecule has 1 heterocycles. The molecule has 10 heteroatoms. The number of ether oxygens (including phenoxy) is 2. The van der Waals surface area contributed by atoms with Crippen LogP contribution in [0.25, 0.3) is 0 Å². The number of nitrogens with one attached hydrogen (secondary N) is 1. The van der Waals surface area contributed by atoms with E-state index in [1.807, 2.05) is 0 Å². The van der Waals surface area contributed by atoms with Gasteiger partial charge >= 0.3 is 13.3 Å². The third kappa shape index (κ3) is 5.86. The lowest BCUT2D eigenvalue weighted by molar-refractivity contribution is -0.0710. The monoisotopic (exact) mass is 336 g/mol. The van der Waals surface area contributed by atoms with Gasteiger partial charge in [-0.1, -0.05) is 0 Å². The van der Waals surface area contributed by atoms with Crippen LogP contribution in [0.1, 0.15) is 19.4 Å². The maximum atomic E-state index is 12.1. The molecule has 0 spiro atoms. The predicted molar refractivity (Wildman–Crippen MR) is 78.8 cm³/mol. The normalized spacial score (nSPS) is 11.8. The van der Waals surface area contributed by atoms with Crippen molar-refractivity contribution in [1.82, 2.24) is 9.55 Å². The molecule has 1 rings (SSSR count). The van der Waals surface area contributed by atoms with Crippen molar-refractivity contribution >= 4 is 7.60 Å². The van der Waals surface area contributed by atoms with Crippen LogP contribution in [0, 0.1) is 6.92 Å². The molecule has 0 aliphatic heterocycles. The van der Waals surface area contributed by atoms with Gasteiger partial charge in [0.1, 0.15) is 13.5 Å². The lowest BCUT2D eigenvalue weighted by Crippen LogP contribution is -2.31. The summed E-state index contributed by atoms with van der Waals surface area (Å²) in [5.74, 6) is 0. The van der Waals surface area contributed by atoms with Gasteiger partial charge in [-0.25, -0.2) is 4.79 Å². The highest BCUT2D eigenvalue weighted by atomic mass is 31.2. The molecule has 0 atom stereocenters. The predicted octanol–water partition coefficient (Wildman–Crippen LogP) is 1.02. The maximum absolute atomic E-state index is 12.1. The summed E-state index contributed by atoms with van der Waals surface area (Å²) in [6, 6.07) is 0. The van der Waals surface area contributed by atoms with E-state index in [9.17, 15) is 14.2 Å². The van der Waals surface area contributed by atoms with Gasteiger partial charge in [0, 0.05) is 11.8 Å². The Morgan fingerprint density at radius 2 is 1.82 bits per heavy atom. The fraction of sp³-hybridized carbons (Fsp3) is 0.667. The molecule has 0 radical (unpaired) electrons. The number of nitrogens with zero attached hydrogens (tertiary/aromatic N) is 1. The Morgan fingerprint density at radius 1 is 1.18 bits per heavy atom. The standard InChI is InChI=1S/C12H21N2O7P/c1-4-20-22(17,21-5-2)9-19-8-18-7-14-6-10(3)11(15)13-12(14)16/h6H,4-5,7-9H2,1-3H3,(H,13,15,16). The topological polar surface area (TPSA) is 109 Å². The zero-order valence-corrected chi connectivity index (χ0v) is 13.8. The minimum atomic E-state index is -3.27. The zero-order chi connectivity index (χ0) is 16.6. The largest absolute Gasteiger partial charge is 0.356 e. The minimum Gasteiger partial charge on any atom is -0.343 e. The van der Waals surface area contributed by atoms with Gasteiger partial charge in [0.15, 0.2) is 6.35 Å². The van der Waals surface area contributed by atoms with Gasteiger partial charge in [-0.2, -0.15) is 0 Å². The molecule has 0 amide bonds. The second-order valence-electron chi connectivity index (χ2n) is 4.27. The van der Waals surface area contributed by atoms with Crippen molar-refractivity contribution in [2.24, 2.45) is 0 Å². The van der Waals surface area contributed by atoms with Crippen molar-refractivity contribution in [2.45, 2.75) is 27.5 Å². The average Bonchev–Trinajstić information content (AvgIpc) is 2.44. The fourth-order valence-electron chi connectivity index (χ4n) is 1.56. The Hall–Kier alpha value is -1.25. The molecule has 1 aromatic rings. The summed E-state index contributed by atoms with van der Waals surface area (Å²) in [5, 5.41) is 0. The number of aromatic nitrogens is 2. The molecule has 1 aromatic heterocycles. The van der Waals surface area contributed by atoms with Crippen LogP contribution in [0.15, 0.2) is 15.8 Å². The maximum Gasteiger partial charge on any atom is 0.356 e. The van der Waals surface area contributed by atoms with E-state index in [-0.39, 0.29) is 33.1 Å². The molecular weight excluding hydrogens is 315 g/mol. The van der Waals surface area contributed by atoms with E-state index in [1.165, 1.54) is 10.8 Å². The van der Waals surface area contributed by atoms with Crippen LogP contribution in [0.2, 0.25) is 0 Å². The van der Waals surface area contributed by atoms with Crippen molar-refractivity contribution in [3.8, 4) is 0 Å². The van der Waals surface area contributed by atoms with Gasteiger partial charge in [0.05, 0.1) is 13.2 Å². The second-order valence-corrected chi connectivity index (χ2v) is 6.27. The molecule has 0 saturated heterocycles. The highest BCUT2D eigenvalue weighted by Gasteiger charge is 2.23. The van der Waals surface area contributed by atoms with Crippen LogP contribution < -0.4 is 11.2 Å². The first-order chi connectivity index (χ1) is 10.4. The van der Waals surface area contributed by atoms with Crippen molar-refractivity contribution in [3.63, 3.8) is 0 Å². The molecule has 126 valence electrons. The van der Waals surface area contributed by atoms with Crippen molar-refractivity contribution in [1.29, 1.82) is 0 Å². The Kier molecular flexibility index (Phi) is 7.70. The van der Waals surface area contributed by atoms with Gasteiger partial charge in [-0.15, -0.1) is 0 Å². The SMILES string of the molecule is CCOP(=O)(COCOCn1cc(C)c(=O)[nH]c1=O)OCC. The quantitative estimate of drug-likeness (QED) is 0.386. The van der Waals surface area contributed by atoms with Crippen LogP contribution in [-0.4, -0.2) is 35.9 Å². The van der Waals surface area contributed by atoms with Crippen LogP contribution in [0.5, 0.6) is 0 Å². The number of aromatic amines is 1. The molecule has 9 nitrogen and oxygen atoms in total. The Bertz CT molecular complexity index is 615. The van der Waals surface area contributed by atoms with Crippen molar-refractivity contribution in [2.75, 3.05) is 26.4 Å². The number of hydrogen-bond donors (Lipinski definition) is 1. The Morgan fingerprint density at radius 3 is 2.41 bits per heavy atom. The molecule has 1 N–H and O–H groups in total. The highest BCUT2D eigenvalue weighted by Crippen LogP contribution is 2.47. The first-order valence-corrected chi connectivity index (χ1v) is 8.48. The van der Waals surface area contributed by atoms with Crippen LogP contribution >= 0.6 is 7.60 Å². The number of hydrogen-bond acceptors (Lipinski definition) is 7. The van der Waals surface area contributed by atoms with Crippen LogP contribution in [-0.2, 0) is 29.8 Å². The van der Waals surface area contributed by atoms with E-state index in [0.717, 1.165) is 0 Å². The molecule has 0 fully saturated rings. The van der Waals surface area contributed by atoms with Crippen LogP contribution in [0.3, 0.4) is 0 Å². The van der Waals surface area contributed by atoms with E-state index >= 15 is 0 Å². The average molecular weight is 336 g/mol. The molecule has 0 aliphatic rings. The lowest BCUT2D eigenvalue weighted by atomic mass is 10.4. The molecule has 0 saturated carbocycles. The van der Waals surface area contributed by atoms with Crippen LogP contribution in [0.4, 0.5) is 0 Å².